The molecule has 0 atom stereocenters. The molecule has 0 saturated heterocycles. The zero-order valence-electron chi connectivity index (χ0n) is 4.94. The predicted molar refractivity (Wildman–Crippen MR) is 19.5 cm³/mol. The van der Waals surface area contributed by atoms with Crippen molar-refractivity contribution in [3.8, 4) is 0 Å². The molecule has 0 aliphatic carbocycles. The molecule has 8 heavy (non-hydrogen) atoms. The molecule has 0 bridgehead atoms. The number of nitrogens with zero attached hydrogens (tertiary/aromatic N) is 1. The molecule has 0 fully saturated rings. The summed E-state index contributed by atoms with van der Waals surface area (Å²) in [6.45, 7) is 0. The second-order valence-corrected chi connectivity index (χ2v) is 1.58. The third-order valence-electron chi connectivity index (χ3n) is 0.125. The molecule has 44 valence electrons. The van der Waals surface area contributed by atoms with E-state index in [2.05, 4.69) is 4.28 Å². The molecule has 0 saturated carbocycles. The summed E-state index contributed by atoms with van der Waals surface area (Å²) in [4.78, 5) is 8.81. The van der Waals surface area contributed by atoms with Crippen molar-refractivity contribution >= 4 is 10.4 Å². The second kappa shape index (κ2) is 4.79. The molecule has 0 aromatic heterocycles. The molecule has 0 rings (SSSR count). The van der Waals surface area contributed by atoms with Crippen molar-refractivity contribution in [3.05, 3.63) is 4.91 Å². The maximum absolute atomic E-state index is 9.27. The third kappa shape index (κ3) is 10.0. The van der Waals surface area contributed by atoms with Crippen LogP contribution < -0.4 is 51.4 Å². The minimum atomic E-state index is -4.65. The van der Waals surface area contributed by atoms with Crippen LogP contribution in [0.15, 0.2) is 5.34 Å². The predicted octanol–water partition coefficient (Wildman–Crippen LogP) is -3.40. The Balaban J connectivity index is -0.000000180. The Morgan fingerprint density at radius 3 is 2.00 bits per heavy atom. The first-order chi connectivity index (χ1) is 3.06. The molecule has 0 aromatic carbocycles. The Hall–Kier alpha value is 0.946. The maximum atomic E-state index is 9.27. The largest absolute Gasteiger partial charge is 1.00 e. The number of hydrogen-bond donors (Lipinski definition) is 1. The van der Waals surface area contributed by atoms with E-state index in [0.29, 0.717) is 0 Å². The van der Waals surface area contributed by atoms with Gasteiger partial charge in [-0.25, -0.2) is 4.28 Å². The Morgan fingerprint density at radius 2 is 2.00 bits per heavy atom. The van der Waals surface area contributed by atoms with Gasteiger partial charge in [0.25, 0.3) is 0 Å². The maximum Gasteiger partial charge on any atom is 1.00 e. The van der Waals surface area contributed by atoms with Crippen molar-refractivity contribution in [1.82, 2.24) is 0 Å². The molecule has 0 spiro atoms. The normalized spacial score (nSPS) is 9.12. The van der Waals surface area contributed by atoms with Crippen molar-refractivity contribution in [1.29, 1.82) is 0 Å². The van der Waals surface area contributed by atoms with Gasteiger partial charge >= 0.3 is 61.8 Å². The van der Waals surface area contributed by atoms with Crippen molar-refractivity contribution in [2.75, 3.05) is 0 Å². The van der Waals surface area contributed by atoms with Crippen LogP contribution in [0.2, 0.25) is 0 Å². The van der Waals surface area contributed by atoms with Gasteiger partial charge in [-0.1, -0.05) is 0 Å². The fraction of sp³-hybridized carbons (Fsp3) is 0. The molecule has 0 aliphatic heterocycles. The first-order valence-electron chi connectivity index (χ1n) is 1.05. The van der Waals surface area contributed by atoms with Gasteiger partial charge in [-0.05, 0) is 0 Å². The van der Waals surface area contributed by atoms with Gasteiger partial charge in [0.2, 0.25) is 0 Å². The molecule has 0 radical (unpaired) electrons. The van der Waals surface area contributed by atoms with Crippen LogP contribution in [0, 0.1) is 4.91 Å². The van der Waals surface area contributed by atoms with E-state index in [1.165, 1.54) is 5.34 Å². The van der Waals surface area contributed by atoms with E-state index in [9.17, 15) is 8.42 Å². The quantitative estimate of drug-likeness (QED) is 0.200. The summed E-state index contributed by atoms with van der Waals surface area (Å²) in [7, 11) is -4.65. The van der Waals surface area contributed by atoms with Crippen LogP contribution >= 0.6 is 0 Å². The monoisotopic (exact) mass is 167 g/mol. The SMILES string of the molecule is O=NOS(=O)(=O)O.[H-].[K+]. The van der Waals surface area contributed by atoms with Gasteiger partial charge in [-0.2, -0.15) is 8.42 Å². The molecule has 8 heteroatoms. The summed E-state index contributed by atoms with van der Waals surface area (Å²) < 4.78 is 28.8. The van der Waals surface area contributed by atoms with Gasteiger partial charge in [0, 0.05) is 0 Å². The van der Waals surface area contributed by atoms with Crippen molar-refractivity contribution < 1.29 is 70.1 Å². The smallest absolute Gasteiger partial charge is 1.00 e. The van der Waals surface area contributed by atoms with Crippen LogP contribution in [0.4, 0.5) is 0 Å². The van der Waals surface area contributed by atoms with E-state index >= 15 is 0 Å². The Morgan fingerprint density at radius 1 is 1.62 bits per heavy atom. The average Bonchev–Trinajstić information content (AvgIpc) is 1.30. The Bertz CT molecular complexity index is 150. The molecular formula is H2KNO5S. The summed E-state index contributed by atoms with van der Waals surface area (Å²) >= 11 is 0. The molecular weight excluding hydrogens is 165 g/mol. The van der Waals surface area contributed by atoms with Crippen LogP contribution in [-0.2, 0) is 14.7 Å². The third-order valence-corrected chi connectivity index (χ3v) is 0.374. The zero-order chi connectivity index (χ0) is 5.91. The van der Waals surface area contributed by atoms with E-state index in [-0.39, 0.29) is 52.8 Å². The minimum absolute atomic E-state index is 0. The molecule has 1 N–H and O–H groups in total. The topological polar surface area (TPSA) is 93.0 Å². The fourth-order valence-corrected chi connectivity index (χ4v) is 0.115. The van der Waals surface area contributed by atoms with Crippen LogP contribution in [-0.4, -0.2) is 13.0 Å². The van der Waals surface area contributed by atoms with Crippen molar-refractivity contribution in [2.45, 2.75) is 0 Å². The zero-order valence-corrected chi connectivity index (χ0v) is 7.88. The molecule has 6 nitrogen and oxygen atoms in total. The molecule has 0 amide bonds. The Kier molecular flexibility index (Phi) is 7.01. The summed E-state index contributed by atoms with van der Waals surface area (Å²) in [5, 5.41) is 1.42. The summed E-state index contributed by atoms with van der Waals surface area (Å²) in [5.41, 5.74) is 0. The van der Waals surface area contributed by atoms with Gasteiger partial charge in [0.15, 0.2) is 5.34 Å². The summed E-state index contributed by atoms with van der Waals surface area (Å²) in [5.74, 6) is 0. The van der Waals surface area contributed by atoms with Crippen LogP contribution in [0.3, 0.4) is 0 Å². The van der Waals surface area contributed by atoms with E-state index in [1.54, 1.807) is 0 Å². The molecule has 0 aliphatic rings. The first kappa shape index (κ1) is 11.7. The van der Waals surface area contributed by atoms with Gasteiger partial charge in [-0.15, -0.1) is 4.91 Å². The van der Waals surface area contributed by atoms with E-state index in [1.807, 2.05) is 0 Å². The number of hydrogen-bond acceptors (Lipinski definition) is 5. The van der Waals surface area contributed by atoms with Gasteiger partial charge < -0.3 is 1.43 Å². The Labute approximate surface area is 89.4 Å². The molecule has 0 unspecified atom stereocenters. The molecule has 0 heterocycles. The van der Waals surface area contributed by atoms with Crippen LogP contribution in [0.5, 0.6) is 0 Å². The second-order valence-electron chi connectivity index (χ2n) is 0.577. The van der Waals surface area contributed by atoms with Crippen molar-refractivity contribution in [2.24, 2.45) is 5.34 Å². The van der Waals surface area contributed by atoms with Crippen LogP contribution in [0.25, 0.3) is 0 Å². The van der Waals surface area contributed by atoms with Gasteiger partial charge in [-0.3, -0.25) is 4.55 Å². The standard InChI is InChI=1S/K.HNO5S.H/c;2-1-6-7(3,4)5;/h;(H,3,4,5);/q+1;;-1. The molecule has 0 aromatic rings. The van der Waals surface area contributed by atoms with Gasteiger partial charge in [0.05, 0.1) is 0 Å². The van der Waals surface area contributed by atoms with E-state index in [4.69, 9.17) is 9.46 Å². The average molecular weight is 167 g/mol. The number of rotatable bonds is 2. The van der Waals surface area contributed by atoms with E-state index in [0.717, 1.165) is 0 Å². The first-order valence-corrected chi connectivity index (χ1v) is 2.41. The minimum Gasteiger partial charge on any atom is -1.00 e. The van der Waals surface area contributed by atoms with E-state index < -0.39 is 10.4 Å². The fourth-order valence-electron chi connectivity index (χ4n) is 0.0385. The van der Waals surface area contributed by atoms with Crippen molar-refractivity contribution in [3.63, 3.8) is 0 Å². The van der Waals surface area contributed by atoms with Gasteiger partial charge in [0.1, 0.15) is 0 Å². The summed E-state index contributed by atoms with van der Waals surface area (Å²) in [6.07, 6.45) is 0. The summed E-state index contributed by atoms with van der Waals surface area (Å²) in [6, 6.07) is 0. The van der Waals surface area contributed by atoms with Crippen LogP contribution in [0.1, 0.15) is 1.43 Å².